The summed E-state index contributed by atoms with van der Waals surface area (Å²) in [5.74, 6) is 2.63. The Labute approximate surface area is 102 Å². The Balaban J connectivity index is 1.92. The Hall–Kier alpha value is -0.0800. The van der Waals surface area contributed by atoms with E-state index in [0.717, 1.165) is 24.3 Å². The van der Waals surface area contributed by atoms with Gasteiger partial charge in [-0.3, -0.25) is 0 Å². The molecule has 2 heteroatoms. The fourth-order valence-corrected chi connectivity index (χ4v) is 2.43. The molecule has 0 aromatic rings. The molecule has 96 valence electrons. The summed E-state index contributed by atoms with van der Waals surface area (Å²) >= 11 is 0. The van der Waals surface area contributed by atoms with Gasteiger partial charge >= 0.3 is 0 Å². The van der Waals surface area contributed by atoms with Crippen LogP contribution in [-0.4, -0.2) is 37.6 Å². The minimum absolute atomic E-state index is 0.849. The molecule has 1 rings (SSSR count). The van der Waals surface area contributed by atoms with Crippen LogP contribution < -0.4 is 5.32 Å². The van der Waals surface area contributed by atoms with Crippen molar-refractivity contribution in [2.45, 2.75) is 40.5 Å². The summed E-state index contributed by atoms with van der Waals surface area (Å²) in [5.41, 5.74) is 0. The van der Waals surface area contributed by atoms with Crippen LogP contribution in [0.1, 0.15) is 40.5 Å². The summed E-state index contributed by atoms with van der Waals surface area (Å²) in [6.45, 7) is 15.5. The van der Waals surface area contributed by atoms with Gasteiger partial charge in [0.1, 0.15) is 0 Å². The van der Waals surface area contributed by atoms with Crippen molar-refractivity contribution in [1.29, 1.82) is 0 Å². The number of hydrogen-bond acceptors (Lipinski definition) is 2. The van der Waals surface area contributed by atoms with Crippen LogP contribution in [0.15, 0.2) is 0 Å². The van der Waals surface area contributed by atoms with Gasteiger partial charge in [-0.1, -0.05) is 27.7 Å². The number of nitrogens with one attached hydrogen (secondary N) is 1. The lowest BCUT2D eigenvalue weighted by atomic mass is 10.0. The van der Waals surface area contributed by atoms with E-state index >= 15 is 0 Å². The molecular weight excluding hydrogens is 196 g/mol. The molecule has 1 fully saturated rings. The van der Waals surface area contributed by atoms with E-state index in [9.17, 15) is 0 Å². The Morgan fingerprint density at radius 2 is 1.75 bits per heavy atom. The molecule has 2 unspecified atom stereocenters. The zero-order valence-electron chi connectivity index (χ0n) is 11.6. The Bertz CT molecular complexity index is 170. The predicted molar refractivity (Wildman–Crippen MR) is 71.7 cm³/mol. The number of rotatable bonds is 7. The Morgan fingerprint density at radius 3 is 2.31 bits per heavy atom. The zero-order valence-corrected chi connectivity index (χ0v) is 11.6. The first kappa shape index (κ1) is 14.0. The van der Waals surface area contributed by atoms with Crippen molar-refractivity contribution in [2.75, 3.05) is 32.7 Å². The van der Waals surface area contributed by atoms with Crippen molar-refractivity contribution in [3.8, 4) is 0 Å². The molecule has 1 heterocycles. The van der Waals surface area contributed by atoms with Gasteiger partial charge in [0.05, 0.1) is 0 Å². The van der Waals surface area contributed by atoms with Crippen molar-refractivity contribution in [1.82, 2.24) is 10.2 Å². The van der Waals surface area contributed by atoms with Crippen LogP contribution in [-0.2, 0) is 0 Å². The minimum Gasteiger partial charge on any atom is -0.315 e. The van der Waals surface area contributed by atoms with Gasteiger partial charge in [0.25, 0.3) is 0 Å². The topological polar surface area (TPSA) is 15.3 Å². The highest BCUT2D eigenvalue weighted by Crippen LogP contribution is 2.21. The van der Waals surface area contributed by atoms with Crippen molar-refractivity contribution in [3.63, 3.8) is 0 Å². The Kier molecular flexibility index (Phi) is 6.37. The molecule has 16 heavy (non-hydrogen) atoms. The molecule has 0 amide bonds. The van der Waals surface area contributed by atoms with Crippen LogP contribution in [0.5, 0.6) is 0 Å². The lowest BCUT2D eigenvalue weighted by molar-refractivity contribution is 0.321. The average molecular weight is 226 g/mol. The third kappa shape index (κ3) is 5.31. The second kappa shape index (κ2) is 7.29. The average Bonchev–Trinajstić information content (AvgIpc) is 2.52. The van der Waals surface area contributed by atoms with Crippen LogP contribution in [0.4, 0.5) is 0 Å². The highest BCUT2D eigenvalue weighted by Gasteiger charge is 2.24. The van der Waals surface area contributed by atoms with E-state index in [2.05, 4.69) is 37.9 Å². The summed E-state index contributed by atoms with van der Waals surface area (Å²) in [4.78, 5) is 2.60. The second-order valence-electron chi connectivity index (χ2n) is 6.00. The van der Waals surface area contributed by atoms with Gasteiger partial charge in [0.2, 0.25) is 0 Å². The molecule has 0 aromatic heterocycles. The summed E-state index contributed by atoms with van der Waals surface area (Å²) in [6, 6.07) is 0. The van der Waals surface area contributed by atoms with E-state index in [-0.39, 0.29) is 0 Å². The second-order valence-corrected chi connectivity index (χ2v) is 6.00. The lowest BCUT2D eigenvalue weighted by Crippen LogP contribution is -2.31. The van der Waals surface area contributed by atoms with E-state index in [1.165, 1.54) is 39.0 Å². The highest BCUT2D eigenvalue weighted by molar-refractivity contribution is 4.78. The normalized spacial score (nSPS) is 26.8. The van der Waals surface area contributed by atoms with Gasteiger partial charge in [-0.2, -0.15) is 0 Å². The van der Waals surface area contributed by atoms with E-state index in [1.54, 1.807) is 0 Å². The molecule has 0 radical (unpaired) electrons. The first-order valence-electron chi connectivity index (χ1n) is 7.02. The summed E-state index contributed by atoms with van der Waals surface area (Å²) < 4.78 is 0. The van der Waals surface area contributed by atoms with Crippen LogP contribution in [0.2, 0.25) is 0 Å². The van der Waals surface area contributed by atoms with Crippen LogP contribution in [0.3, 0.4) is 0 Å². The standard InChI is InChI=1S/C14H30N2/c1-12(2)6-5-7-15-8-9-16-10-13(3)14(4)11-16/h12-15H,5-11H2,1-4H3. The molecule has 0 aliphatic carbocycles. The van der Waals surface area contributed by atoms with Crippen molar-refractivity contribution < 1.29 is 0 Å². The van der Waals surface area contributed by atoms with E-state index in [1.807, 2.05) is 0 Å². The van der Waals surface area contributed by atoms with Gasteiger partial charge < -0.3 is 10.2 Å². The van der Waals surface area contributed by atoms with Gasteiger partial charge in [-0.15, -0.1) is 0 Å². The molecule has 2 atom stereocenters. The molecule has 2 nitrogen and oxygen atoms in total. The largest absolute Gasteiger partial charge is 0.315 e. The van der Waals surface area contributed by atoms with Gasteiger partial charge in [-0.25, -0.2) is 0 Å². The van der Waals surface area contributed by atoms with Crippen molar-refractivity contribution >= 4 is 0 Å². The maximum absolute atomic E-state index is 3.56. The number of hydrogen-bond donors (Lipinski definition) is 1. The van der Waals surface area contributed by atoms with E-state index in [0.29, 0.717) is 0 Å². The molecule has 0 aromatic carbocycles. The fourth-order valence-electron chi connectivity index (χ4n) is 2.43. The first-order chi connectivity index (χ1) is 7.59. The van der Waals surface area contributed by atoms with Crippen LogP contribution >= 0.6 is 0 Å². The van der Waals surface area contributed by atoms with Gasteiger partial charge in [0.15, 0.2) is 0 Å². The molecule has 1 aliphatic rings. The fraction of sp³-hybridized carbons (Fsp3) is 1.00. The van der Waals surface area contributed by atoms with Crippen molar-refractivity contribution in [3.05, 3.63) is 0 Å². The minimum atomic E-state index is 0.849. The number of likely N-dealkylation sites (tertiary alicyclic amines) is 1. The molecule has 0 bridgehead atoms. The summed E-state index contributed by atoms with van der Waals surface area (Å²) in [5, 5.41) is 3.56. The molecule has 0 spiro atoms. The molecule has 1 N–H and O–H groups in total. The van der Waals surface area contributed by atoms with E-state index in [4.69, 9.17) is 0 Å². The maximum atomic E-state index is 3.56. The third-order valence-electron chi connectivity index (χ3n) is 3.80. The highest BCUT2D eigenvalue weighted by atomic mass is 15.2. The Morgan fingerprint density at radius 1 is 1.12 bits per heavy atom. The zero-order chi connectivity index (χ0) is 12.0. The molecule has 1 aliphatic heterocycles. The summed E-state index contributed by atoms with van der Waals surface area (Å²) in [7, 11) is 0. The predicted octanol–water partition coefficient (Wildman–Crippen LogP) is 2.60. The smallest absolute Gasteiger partial charge is 0.0107 e. The monoisotopic (exact) mass is 226 g/mol. The van der Waals surface area contributed by atoms with Crippen LogP contribution in [0.25, 0.3) is 0 Å². The van der Waals surface area contributed by atoms with Crippen LogP contribution in [0, 0.1) is 17.8 Å². The quantitative estimate of drug-likeness (QED) is 0.671. The lowest BCUT2D eigenvalue weighted by Gasteiger charge is -2.15. The van der Waals surface area contributed by atoms with Gasteiger partial charge in [0, 0.05) is 26.2 Å². The maximum Gasteiger partial charge on any atom is 0.0107 e. The molecule has 0 saturated carbocycles. The SMILES string of the molecule is CC(C)CCCNCCN1CC(C)C(C)C1. The number of nitrogens with zero attached hydrogens (tertiary/aromatic N) is 1. The van der Waals surface area contributed by atoms with E-state index < -0.39 is 0 Å². The molecular formula is C14H30N2. The third-order valence-corrected chi connectivity index (χ3v) is 3.80. The summed E-state index contributed by atoms with van der Waals surface area (Å²) in [6.07, 6.45) is 2.68. The first-order valence-corrected chi connectivity index (χ1v) is 7.02. The molecule has 1 saturated heterocycles. The van der Waals surface area contributed by atoms with Gasteiger partial charge in [-0.05, 0) is 37.1 Å². The van der Waals surface area contributed by atoms with Crippen molar-refractivity contribution in [2.24, 2.45) is 17.8 Å².